The van der Waals surface area contributed by atoms with E-state index in [1.54, 1.807) is 12.1 Å². The van der Waals surface area contributed by atoms with Crippen molar-refractivity contribution in [2.75, 3.05) is 0 Å². The van der Waals surface area contributed by atoms with Crippen molar-refractivity contribution in [2.24, 2.45) is 5.41 Å². The highest BCUT2D eigenvalue weighted by Gasteiger charge is 2.56. The molecule has 0 radical (unpaired) electrons. The summed E-state index contributed by atoms with van der Waals surface area (Å²) in [7, 11) is 0. The maximum atomic E-state index is 14.2. The van der Waals surface area contributed by atoms with Crippen LogP contribution >= 0.6 is 0 Å². The lowest BCUT2D eigenvalue weighted by atomic mass is 10.1. The summed E-state index contributed by atoms with van der Waals surface area (Å²) in [6, 6.07) is 6.78. The number of carbonyl (C=O) groups is 1. The molecule has 0 aromatic heterocycles. The number of hydrogen-bond donors (Lipinski definition) is 1. The number of nitrogens with one attached hydrogen (secondary N) is 1. The smallest absolute Gasteiger partial charge is 0.241 e. The van der Waals surface area contributed by atoms with Crippen LogP contribution in [0, 0.1) is 11.2 Å². The van der Waals surface area contributed by atoms with E-state index in [4.69, 9.17) is 0 Å². The fraction of sp³-hybridized carbons (Fsp3) is 0.588. The Hall–Kier alpha value is -1.42. The highest BCUT2D eigenvalue weighted by molar-refractivity contribution is 5.85. The zero-order valence-corrected chi connectivity index (χ0v) is 12.9. The minimum atomic E-state index is -0.331. The van der Waals surface area contributed by atoms with E-state index < -0.39 is 0 Å². The van der Waals surface area contributed by atoms with Crippen LogP contribution < -0.4 is 5.32 Å². The molecule has 3 rings (SSSR count). The molecule has 1 saturated carbocycles. The van der Waals surface area contributed by atoms with Gasteiger partial charge in [0.05, 0.1) is 6.04 Å². The molecule has 4 heteroatoms. The molecule has 0 spiro atoms. The summed E-state index contributed by atoms with van der Waals surface area (Å²) in [6.07, 6.45) is 2.40. The third kappa shape index (κ3) is 2.46. The molecular formula is C17H23FN2O. The molecule has 2 fully saturated rings. The number of benzene rings is 1. The lowest BCUT2D eigenvalue weighted by molar-refractivity contribution is -0.131. The van der Waals surface area contributed by atoms with Gasteiger partial charge in [-0.15, -0.1) is 0 Å². The van der Waals surface area contributed by atoms with Crippen molar-refractivity contribution in [3.63, 3.8) is 0 Å². The first kappa shape index (κ1) is 14.5. The van der Waals surface area contributed by atoms with E-state index in [-0.39, 0.29) is 35.4 Å². The second-order valence-corrected chi connectivity index (χ2v) is 6.89. The van der Waals surface area contributed by atoms with Gasteiger partial charge in [0, 0.05) is 11.6 Å². The first-order chi connectivity index (χ1) is 9.95. The number of carbonyl (C=O) groups excluding carboxylic acids is 1. The highest BCUT2D eigenvalue weighted by Crippen LogP contribution is 2.52. The standard InChI is InChI=1S/C17H23FN2O/c1-4-7-13-16(21)20(14-10-17(14,2)3)15(19-13)11-8-5-6-9-12(11)18/h5-6,8-9,13-15,19H,4,7,10H2,1-3H3. The first-order valence-corrected chi connectivity index (χ1v) is 7.78. The Morgan fingerprint density at radius 3 is 2.62 bits per heavy atom. The monoisotopic (exact) mass is 290 g/mol. The van der Waals surface area contributed by atoms with Crippen molar-refractivity contribution < 1.29 is 9.18 Å². The lowest BCUT2D eigenvalue weighted by Crippen LogP contribution is -2.35. The summed E-state index contributed by atoms with van der Waals surface area (Å²) < 4.78 is 14.2. The van der Waals surface area contributed by atoms with Gasteiger partial charge in [-0.3, -0.25) is 10.1 Å². The van der Waals surface area contributed by atoms with Gasteiger partial charge < -0.3 is 4.90 Å². The van der Waals surface area contributed by atoms with E-state index in [1.807, 2.05) is 11.0 Å². The third-order valence-corrected chi connectivity index (χ3v) is 4.76. The van der Waals surface area contributed by atoms with Crippen LogP contribution in [0.5, 0.6) is 0 Å². The molecule has 114 valence electrons. The van der Waals surface area contributed by atoms with E-state index in [9.17, 15) is 9.18 Å². The Morgan fingerprint density at radius 1 is 1.38 bits per heavy atom. The van der Waals surface area contributed by atoms with Crippen molar-refractivity contribution in [3.05, 3.63) is 35.6 Å². The van der Waals surface area contributed by atoms with Crippen molar-refractivity contribution in [2.45, 2.75) is 58.3 Å². The van der Waals surface area contributed by atoms with Crippen molar-refractivity contribution in [3.8, 4) is 0 Å². The molecule has 3 nitrogen and oxygen atoms in total. The summed E-state index contributed by atoms with van der Waals surface area (Å²) in [5.41, 5.74) is 0.717. The van der Waals surface area contributed by atoms with Crippen LogP contribution in [0.3, 0.4) is 0 Å². The normalized spacial score (nSPS) is 30.8. The van der Waals surface area contributed by atoms with Gasteiger partial charge in [0.15, 0.2) is 0 Å². The van der Waals surface area contributed by atoms with Gasteiger partial charge >= 0.3 is 0 Å². The number of halogens is 1. The second kappa shape index (κ2) is 5.09. The van der Waals surface area contributed by atoms with Crippen LogP contribution in [0.1, 0.15) is 51.8 Å². The van der Waals surface area contributed by atoms with Crippen LogP contribution in [0.15, 0.2) is 24.3 Å². The molecule has 1 saturated heterocycles. The molecule has 3 unspecified atom stereocenters. The summed E-state index contributed by atoms with van der Waals surface area (Å²) in [6.45, 7) is 6.39. The number of nitrogens with zero attached hydrogens (tertiary/aromatic N) is 1. The molecule has 1 aromatic carbocycles. The van der Waals surface area contributed by atoms with Gasteiger partial charge in [-0.25, -0.2) is 4.39 Å². The maximum Gasteiger partial charge on any atom is 0.241 e. The zero-order valence-electron chi connectivity index (χ0n) is 12.9. The van der Waals surface area contributed by atoms with Crippen LogP contribution in [-0.4, -0.2) is 22.9 Å². The molecule has 1 amide bonds. The molecule has 1 aromatic rings. The van der Waals surface area contributed by atoms with E-state index in [0.717, 1.165) is 19.3 Å². The topological polar surface area (TPSA) is 32.3 Å². The molecule has 1 aliphatic carbocycles. The van der Waals surface area contributed by atoms with E-state index in [1.165, 1.54) is 6.07 Å². The predicted octanol–water partition coefficient (Wildman–Crippen LogP) is 3.22. The Morgan fingerprint density at radius 2 is 2.05 bits per heavy atom. The summed E-state index contributed by atoms with van der Waals surface area (Å²) in [5, 5.41) is 3.34. The zero-order chi connectivity index (χ0) is 15.2. The second-order valence-electron chi connectivity index (χ2n) is 6.89. The van der Waals surface area contributed by atoms with Gasteiger partial charge in [0.2, 0.25) is 5.91 Å². The Kier molecular flexibility index (Phi) is 3.52. The average Bonchev–Trinajstić information content (AvgIpc) is 2.93. The van der Waals surface area contributed by atoms with Crippen LogP contribution in [0.4, 0.5) is 4.39 Å². The molecular weight excluding hydrogens is 267 g/mol. The van der Waals surface area contributed by atoms with E-state index in [0.29, 0.717) is 5.56 Å². The molecule has 1 aliphatic heterocycles. The fourth-order valence-electron chi connectivity index (χ4n) is 3.33. The summed E-state index contributed by atoms with van der Waals surface area (Å²) in [5.74, 6) is -0.121. The summed E-state index contributed by atoms with van der Waals surface area (Å²) >= 11 is 0. The van der Waals surface area contributed by atoms with Crippen molar-refractivity contribution in [1.29, 1.82) is 0 Å². The Labute approximate surface area is 125 Å². The number of rotatable bonds is 4. The largest absolute Gasteiger partial charge is 0.318 e. The molecule has 1 heterocycles. The number of amides is 1. The Bertz CT molecular complexity index is 557. The molecule has 21 heavy (non-hydrogen) atoms. The molecule has 3 atom stereocenters. The molecule has 2 aliphatic rings. The van der Waals surface area contributed by atoms with Gasteiger partial charge in [-0.05, 0) is 24.3 Å². The third-order valence-electron chi connectivity index (χ3n) is 4.76. The maximum absolute atomic E-state index is 14.2. The van der Waals surface area contributed by atoms with Crippen LogP contribution in [0.25, 0.3) is 0 Å². The van der Waals surface area contributed by atoms with Crippen molar-refractivity contribution >= 4 is 5.91 Å². The quantitative estimate of drug-likeness (QED) is 0.923. The minimum Gasteiger partial charge on any atom is -0.318 e. The summed E-state index contributed by atoms with van der Waals surface area (Å²) in [4.78, 5) is 14.6. The Balaban J connectivity index is 1.93. The molecule has 1 N–H and O–H groups in total. The lowest BCUT2D eigenvalue weighted by Gasteiger charge is -2.26. The van der Waals surface area contributed by atoms with Gasteiger partial charge in [-0.1, -0.05) is 45.4 Å². The van der Waals surface area contributed by atoms with Gasteiger partial charge in [0.1, 0.15) is 12.0 Å². The van der Waals surface area contributed by atoms with Crippen LogP contribution in [0.2, 0.25) is 0 Å². The predicted molar refractivity (Wildman–Crippen MR) is 80.0 cm³/mol. The first-order valence-electron chi connectivity index (χ1n) is 7.78. The minimum absolute atomic E-state index is 0.126. The fourth-order valence-corrected chi connectivity index (χ4v) is 3.33. The SMILES string of the molecule is CCCC1NC(c2ccccc2F)N(C2CC2(C)C)C1=O. The van der Waals surface area contributed by atoms with Gasteiger partial charge in [0.25, 0.3) is 0 Å². The van der Waals surface area contributed by atoms with E-state index in [2.05, 4.69) is 26.1 Å². The number of hydrogen-bond acceptors (Lipinski definition) is 2. The van der Waals surface area contributed by atoms with E-state index >= 15 is 0 Å². The average molecular weight is 290 g/mol. The molecule has 0 bridgehead atoms. The van der Waals surface area contributed by atoms with Crippen LogP contribution in [-0.2, 0) is 4.79 Å². The van der Waals surface area contributed by atoms with Crippen molar-refractivity contribution in [1.82, 2.24) is 10.2 Å². The van der Waals surface area contributed by atoms with Gasteiger partial charge in [-0.2, -0.15) is 0 Å². The highest BCUT2D eigenvalue weighted by atomic mass is 19.1.